The van der Waals surface area contributed by atoms with Gasteiger partial charge >= 0.3 is 0 Å². The van der Waals surface area contributed by atoms with Crippen LogP contribution >= 0.6 is 23.2 Å². The molecule has 128 valence electrons. The van der Waals surface area contributed by atoms with Crippen molar-refractivity contribution in [3.05, 3.63) is 75.9 Å². The first-order valence-corrected chi connectivity index (χ1v) is 8.67. The zero-order chi connectivity index (χ0) is 17.8. The second-order valence-electron chi connectivity index (χ2n) is 5.72. The molecule has 0 aliphatic heterocycles. The molecule has 2 N–H and O–H groups in total. The molecule has 1 atom stereocenters. The predicted molar refractivity (Wildman–Crippen MR) is 105 cm³/mol. The summed E-state index contributed by atoms with van der Waals surface area (Å²) in [4.78, 5) is 8.99. The summed E-state index contributed by atoms with van der Waals surface area (Å²) in [5.41, 5.74) is 2.72. The quantitative estimate of drug-likeness (QED) is 0.575. The third kappa shape index (κ3) is 4.41. The van der Waals surface area contributed by atoms with Crippen molar-refractivity contribution in [3.63, 3.8) is 0 Å². The van der Waals surface area contributed by atoms with Crippen molar-refractivity contribution in [1.29, 1.82) is 0 Å². The van der Waals surface area contributed by atoms with Crippen molar-refractivity contribution < 1.29 is 0 Å². The van der Waals surface area contributed by atoms with Crippen molar-refractivity contribution in [1.82, 2.24) is 9.97 Å². The minimum absolute atomic E-state index is 0.0885. The van der Waals surface area contributed by atoms with Gasteiger partial charge in [0.15, 0.2) is 0 Å². The Morgan fingerprint density at radius 3 is 2.48 bits per heavy atom. The summed E-state index contributed by atoms with van der Waals surface area (Å²) in [5, 5.41) is 7.49. The lowest BCUT2D eigenvalue weighted by molar-refractivity contribution is 0.858. The van der Waals surface area contributed by atoms with E-state index in [9.17, 15) is 0 Å². The van der Waals surface area contributed by atoms with Gasteiger partial charge < -0.3 is 10.6 Å². The molecule has 2 aromatic carbocycles. The molecule has 0 bridgehead atoms. The first-order chi connectivity index (χ1) is 12.0. The van der Waals surface area contributed by atoms with E-state index in [1.54, 1.807) is 6.07 Å². The molecular formula is C19H18Cl2N4. The van der Waals surface area contributed by atoms with Crippen LogP contribution in [0.5, 0.6) is 0 Å². The highest BCUT2D eigenvalue weighted by Crippen LogP contribution is 2.31. The molecule has 0 spiro atoms. The third-order valence-corrected chi connectivity index (χ3v) is 4.53. The van der Waals surface area contributed by atoms with Gasteiger partial charge in [0, 0.05) is 11.8 Å². The van der Waals surface area contributed by atoms with Gasteiger partial charge in [-0.2, -0.15) is 4.98 Å². The van der Waals surface area contributed by atoms with E-state index in [4.69, 9.17) is 23.2 Å². The summed E-state index contributed by atoms with van der Waals surface area (Å²) < 4.78 is 0. The summed E-state index contributed by atoms with van der Waals surface area (Å²) in [7, 11) is 0. The van der Waals surface area contributed by atoms with E-state index in [-0.39, 0.29) is 6.04 Å². The Morgan fingerprint density at radius 2 is 1.72 bits per heavy atom. The molecular weight excluding hydrogens is 355 g/mol. The number of halogens is 2. The lowest BCUT2D eigenvalue weighted by Gasteiger charge is -2.16. The lowest BCUT2D eigenvalue weighted by Crippen LogP contribution is -2.10. The maximum absolute atomic E-state index is 6.23. The predicted octanol–water partition coefficient (Wildman–Crippen LogP) is 6.01. The van der Waals surface area contributed by atoms with Crippen LogP contribution in [0.15, 0.2) is 54.6 Å². The number of hydrogen-bond donors (Lipinski definition) is 2. The fraction of sp³-hybridized carbons (Fsp3) is 0.158. The first kappa shape index (κ1) is 17.5. The SMILES string of the molecule is Cc1cc(Nc2cccc(Cl)c2Cl)nc(NC(C)c2ccccc2)n1. The molecule has 25 heavy (non-hydrogen) atoms. The average Bonchev–Trinajstić information content (AvgIpc) is 2.59. The van der Waals surface area contributed by atoms with E-state index in [0.717, 1.165) is 5.69 Å². The van der Waals surface area contributed by atoms with Crippen LogP contribution in [0, 0.1) is 6.92 Å². The molecule has 0 amide bonds. The number of aromatic nitrogens is 2. The lowest BCUT2D eigenvalue weighted by atomic mass is 10.1. The molecule has 0 saturated carbocycles. The number of nitrogens with zero attached hydrogens (tertiary/aromatic N) is 2. The first-order valence-electron chi connectivity index (χ1n) is 7.91. The van der Waals surface area contributed by atoms with E-state index in [1.165, 1.54) is 5.56 Å². The standard InChI is InChI=1S/C19H18Cl2N4/c1-12-11-17(24-16-10-6-9-15(20)18(16)21)25-19(22-12)23-13(2)14-7-4-3-5-8-14/h3-11,13H,1-2H3,(H2,22,23,24,25). The van der Waals surface area contributed by atoms with Crippen LogP contribution in [0.1, 0.15) is 24.2 Å². The summed E-state index contributed by atoms with van der Waals surface area (Å²) in [6, 6.07) is 17.5. The number of rotatable bonds is 5. The van der Waals surface area contributed by atoms with Gasteiger partial charge in [0.2, 0.25) is 5.95 Å². The van der Waals surface area contributed by atoms with Gasteiger partial charge in [-0.3, -0.25) is 0 Å². The molecule has 3 aromatic rings. The summed E-state index contributed by atoms with van der Waals surface area (Å²) in [6.07, 6.45) is 0. The van der Waals surface area contributed by atoms with Crippen molar-refractivity contribution >= 4 is 40.7 Å². The Hall–Kier alpha value is -2.30. The van der Waals surface area contributed by atoms with Gasteiger partial charge in [-0.1, -0.05) is 59.6 Å². The van der Waals surface area contributed by atoms with Crippen LogP contribution in [0.4, 0.5) is 17.5 Å². The van der Waals surface area contributed by atoms with E-state index in [2.05, 4.69) is 39.7 Å². The molecule has 0 saturated heterocycles. The average molecular weight is 373 g/mol. The van der Waals surface area contributed by atoms with E-state index in [1.807, 2.05) is 43.3 Å². The smallest absolute Gasteiger partial charge is 0.225 e. The molecule has 1 aromatic heterocycles. The van der Waals surface area contributed by atoms with Gasteiger partial charge in [-0.15, -0.1) is 0 Å². The normalized spacial score (nSPS) is 11.8. The van der Waals surface area contributed by atoms with Crippen LogP contribution in [0.3, 0.4) is 0 Å². The molecule has 0 radical (unpaired) electrons. The van der Waals surface area contributed by atoms with Crippen LogP contribution in [-0.2, 0) is 0 Å². The van der Waals surface area contributed by atoms with Crippen LogP contribution in [0.2, 0.25) is 10.0 Å². The minimum Gasteiger partial charge on any atom is -0.348 e. The van der Waals surface area contributed by atoms with Crippen LogP contribution < -0.4 is 10.6 Å². The zero-order valence-corrected chi connectivity index (χ0v) is 15.4. The monoisotopic (exact) mass is 372 g/mol. The van der Waals surface area contributed by atoms with Gasteiger partial charge in [0.1, 0.15) is 5.82 Å². The highest BCUT2D eigenvalue weighted by atomic mass is 35.5. The van der Waals surface area contributed by atoms with Gasteiger partial charge in [-0.25, -0.2) is 4.98 Å². The maximum atomic E-state index is 6.23. The van der Waals surface area contributed by atoms with Gasteiger partial charge in [-0.05, 0) is 31.5 Å². The third-order valence-electron chi connectivity index (χ3n) is 3.71. The Balaban J connectivity index is 1.82. The minimum atomic E-state index is 0.0885. The molecule has 4 nitrogen and oxygen atoms in total. The molecule has 1 heterocycles. The Labute approximate surface area is 157 Å². The summed E-state index contributed by atoms with van der Waals surface area (Å²) >= 11 is 12.3. The molecule has 0 aliphatic carbocycles. The highest BCUT2D eigenvalue weighted by Gasteiger charge is 2.10. The van der Waals surface area contributed by atoms with Crippen molar-refractivity contribution in [2.75, 3.05) is 10.6 Å². The fourth-order valence-corrected chi connectivity index (χ4v) is 2.80. The van der Waals surface area contributed by atoms with E-state index >= 15 is 0 Å². The molecule has 6 heteroatoms. The second-order valence-corrected chi connectivity index (χ2v) is 6.51. The topological polar surface area (TPSA) is 49.8 Å². The number of aryl methyl sites for hydroxylation is 1. The largest absolute Gasteiger partial charge is 0.348 e. The second kappa shape index (κ2) is 7.72. The van der Waals surface area contributed by atoms with E-state index in [0.29, 0.717) is 27.5 Å². The Kier molecular flexibility index (Phi) is 5.41. The van der Waals surface area contributed by atoms with Crippen LogP contribution in [-0.4, -0.2) is 9.97 Å². The number of anilines is 3. The Bertz CT molecular complexity index is 869. The number of nitrogens with one attached hydrogen (secondary N) is 2. The number of hydrogen-bond acceptors (Lipinski definition) is 4. The highest BCUT2D eigenvalue weighted by molar-refractivity contribution is 6.43. The maximum Gasteiger partial charge on any atom is 0.225 e. The fourth-order valence-electron chi connectivity index (χ4n) is 2.45. The summed E-state index contributed by atoms with van der Waals surface area (Å²) in [6.45, 7) is 3.99. The van der Waals surface area contributed by atoms with Crippen molar-refractivity contribution in [3.8, 4) is 0 Å². The van der Waals surface area contributed by atoms with Gasteiger partial charge in [0.05, 0.1) is 21.8 Å². The van der Waals surface area contributed by atoms with Crippen molar-refractivity contribution in [2.45, 2.75) is 19.9 Å². The zero-order valence-electron chi connectivity index (χ0n) is 13.9. The van der Waals surface area contributed by atoms with Gasteiger partial charge in [0.25, 0.3) is 0 Å². The molecule has 0 fully saturated rings. The van der Waals surface area contributed by atoms with E-state index < -0.39 is 0 Å². The van der Waals surface area contributed by atoms with Crippen molar-refractivity contribution in [2.24, 2.45) is 0 Å². The molecule has 0 aliphatic rings. The summed E-state index contributed by atoms with van der Waals surface area (Å²) in [5.74, 6) is 1.21. The number of benzene rings is 2. The molecule has 3 rings (SSSR count). The Morgan fingerprint density at radius 1 is 0.960 bits per heavy atom. The van der Waals surface area contributed by atoms with Crippen LogP contribution in [0.25, 0.3) is 0 Å². The molecule has 1 unspecified atom stereocenters.